The van der Waals surface area contributed by atoms with Crippen LogP contribution in [0.2, 0.25) is 0 Å². The van der Waals surface area contributed by atoms with Crippen molar-refractivity contribution >= 4 is 27.5 Å². The van der Waals surface area contributed by atoms with Crippen LogP contribution >= 0.6 is 0 Å². The molecule has 22 heavy (non-hydrogen) atoms. The number of carbonyl (C=O) groups is 1. The largest absolute Gasteiger partial charge is 0.426 e. The summed E-state index contributed by atoms with van der Waals surface area (Å²) in [6.07, 6.45) is 1.44. The van der Waals surface area contributed by atoms with E-state index in [1.165, 1.54) is 21.7 Å². The number of rotatable bonds is 2. The van der Waals surface area contributed by atoms with Gasteiger partial charge in [-0.05, 0) is 57.6 Å². The third kappa shape index (κ3) is 1.91. The molecular formula is C20H18O2. The van der Waals surface area contributed by atoms with Gasteiger partial charge in [0.1, 0.15) is 5.75 Å². The van der Waals surface area contributed by atoms with E-state index in [0.717, 1.165) is 23.1 Å². The van der Waals surface area contributed by atoms with E-state index in [1.807, 2.05) is 0 Å². The summed E-state index contributed by atoms with van der Waals surface area (Å²) >= 11 is 0. The van der Waals surface area contributed by atoms with Crippen LogP contribution in [0.5, 0.6) is 5.75 Å². The van der Waals surface area contributed by atoms with Crippen LogP contribution in [0.25, 0.3) is 21.5 Å². The molecule has 4 rings (SSSR count). The van der Waals surface area contributed by atoms with Gasteiger partial charge >= 0.3 is 5.97 Å². The Morgan fingerprint density at radius 1 is 1.09 bits per heavy atom. The standard InChI is InChI=1S/C20H18O2/c1-3-12(2)15-10-19-18(11-20(21)22-19)17-9-14-7-5-4-6-13(14)8-16(15)17/h4-10,12H,3,11H2,1-2H3. The molecular weight excluding hydrogens is 272 g/mol. The van der Waals surface area contributed by atoms with Gasteiger partial charge in [0.2, 0.25) is 0 Å². The normalized spacial score (nSPS) is 15.1. The Kier molecular flexibility index (Phi) is 2.93. The van der Waals surface area contributed by atoms with E-state index in [-0.39, 0.29) is 5.97 Å². The van der Waals surface area contributed by atoms with Crippen molar-refractivity contribution in [3.05, 3.63) is 53.6 Å². The lowest BCUT2D eigenvalue weighted by Gasteiger charge is -2.16. The van der Waals surface area contributed by atoms with E-state index in [4.69, 9.17) is 4.74 Å². The fourth-order valence-electron chi connectivity index (χ4n) is 3.37. The van der Waals surface area contributed by atoms with Gasteiger partial charge in [0.25, 0.3) is 0 Å². The lowest BCUT2D eigenvalue weighted by Crippen LogP contribution is -2.00. The van der Waals surface area contributed by atoms with Crippen LogP contribution in [0, 0.1) is 0 Å². The first kappa shape index (κ1) is 13.3. The Balaban J connectivity index is 2.13. The maximum Gasteiger partial charge on any atom is 0.315 e. The monoisotopic (exact) mass is 290 g/mol. The number of hydrogen-bond acceptors (Lipinski definition) is 2. The summed E-state index contributed by atoms with van der Waals surface area (Å²) in [5.74, 6) is 1.04. The number of benzene rings is 3. The van der Waals surface area contributed by atoms with Crippen molar-refractivity contribution in [3.8, 4) is 5.75 Å². The molecule has 110 valence electrons. The molecule has 0 bridgehead atoms. The summed E-state index contributed by atoms with van der Waals surface area (Å²) in [5.41, 5.74) is 2.31. The lowest BCUT2D eigenvalue weighted by atomic mass is 9.88. The molecule has 3 aromatic rings. The first-order valence-corrected chi connectivity index (χ1v) is 7.86. The van der Waals surface area contributed by atoms with E-state index < -0.39 is 0 Å². The summed E-state index contributed by atoms with van der Waals surface area (Å²) < 4.78 is 5.42. The van der Waals surface area contributed by atoms with E-state index >= 15 is 0 Å². The molecule has 0 N–H and O–H groups in total. The Morgan fingerprint density at radius 3 is 2.45 bits per heavy atom. The maximum absolute atomic E-state index is 11.7. The Morgan fingerprint density at radius 2 is 1.77 bits per heavy atom. The van der Waals surface area contributed by atoms with Gasteiger partial charge in [0.05, 0.1) is 6.42 Å². The van der Waals surface area contributed by atoms with E-state index in [2.05, 4.69) is 56.3 Å². The van der Waals surface area contributed by atoms with Crippen LogP contribution in [-0.4, -0.2) is 5.97 Å². The third-order valence-electron chi connectivity index (χ3n) is 4.79. The smallest absolute Gasteiger partial charge is 0.315 e. The van der Waals surface area contributed by atoms with Crippen LogP contribution < -0.4 is 4.74 Å². The van der Waals surface area contributed by atoms with Crippen molar-refractivity contribution in [2.75, 3.05) is 0 Å². The van der Waals surface area contributed by atoms with Gasteiger partial charge in [-0.15, -0.1) is 0 Å². The molecule has 3 aromatic carbocycles. The topological polar surface area (TPSA) is 26.3 Å². The van der Waals surface area contributed by atoms with Crippen LogP contribution in [0.15, 0.2) is 42.5 Å². The Bertz CT molecular complexity index is 908. The quantitative estimate of drug-likeness (QED) is 0.378. The molecule has 1 atom stereocenters. The highest BCUT2D eigenvalue weighted by molar-refractivity contribution is 6.04. The average Bonchev–Trinajstić information content (AvgIpc) is 2.92. The van der Waals surface area contributed by atoms with Gasteiger partial charge in [0, 0.05) is 5.56 Å². The van der Waals surface area contributed by atoms with Gasteiger partial charge in [-0.3, -0.25) is 4.79 Å². The summed E-state index contributed by atoms with van der Waals surface area (Å²) in [4.78, 5) is 11.7. The van der Waals surface area contributed by atoms with E-state index in [9.17, 15) is 4.79 Å². The first-order valence-electron chi connectivity index (χ1n) is 7.86. The maximum atomic E-state index is 11.7. The lowest BCUT2D eigenvalue weighted by molar-refractivity contribution is -0.131. The molecule has 0 aliphatic carbocycles. The summed E-state index contributed by atoms with van der Waals surface area (Å²) in [6, 6.07) is 14.9. The van der Waals surface area contributed by atoms with E-state index in [1.54, 1.807) is 0 Å². The molecule has 0 saturated carbocycles. The molecule has 0 fully saturated rings. The highest BCUT2D eigenvalue weighted by atomic mass is 16.5. The minimum Gasteiger partial charge on any atom is -0.426 e. The number of ether oxygens (including phenoxy) is 1. The van der Waals surface area contributed by atoms with Gasteiger partial charge < -0.3 is 4.74 Å². The Hall–Kier alpha value is -2.35. The molecule has 2 heteroatoms. The molecule has 1 heterocycles. The fourth-order valence-corrected chi connectivity index (χ4v) is 3.37. The molecule has 0 amide bonds. The molecule has 0 radical (unpaired) electrons. The van der Waals surface area contributed by atoms with Crippen LogP contribution in [0.1, 0.15) is 37.3 Å². The number of esters is 1. The van der Waals surface area contributed by atoms with Crippen molar-refractivity contribution in [2.45, 2.75) is 32.6 Å². The zero-order valence-corrected chi connectivity index (χ0v) is 12.8. The third-order valence-corrected chi connectivity index (χ3v) is 4.79. The van der Waals surface area contributed by atoms with Gasteiger partial charge in [0.15, 0.2) is 0 Å². The number of hydrogen-bond donors (Lipinski definition) is 0. The average molecular weight is 290 g/mol. The predicted octanol–water partition coefficient (Wildman–Crippen LogP) is 4.97. The van der Waals surface area contributed by atoms with Gasteiger partial charge in [-0.2, -0.15) is 0 Å². The molecule has 2 nitrogen and oxygen atoms in total. The zero-order chi connectivity index (χ0) is 15.3. The number of carbonyl (C=O) groups excluding carboxylic acids is 1. The summed E-state index contributed by atoms with van der Waals surface area (Å²) in [7, 11) is 0. The summed E-state index contributed by atoms with van der Waals surface area (Å²) in [5, 5.41) is 4.87. The van der Waals surface area contributed by atoms with Gasteiger partial charge in [-0.1, -0.05) is 38.1 Å². The van der Waals surface area contributed by atoms with Crippen molar-refractivity contribution in [1.29, 1.82) is 0 Å². The van der Waals surface area contributed by atoms with Gasteiger partial charge in [-0.25, -0.2) is 0 Å². The van der Waals surface area contributed by atoms with Crippen LogP contribution in [-0.2, 0) is 11.2 Å². The van der Waals surface area contributed by atoms with Crippen molar-refractivity contribution in [1.82, 2.24) is 0 Å². The van der Waals surface area contributed by atoms with Crippen molar-refractivity contribution in [2.24, 2.45) is 0 Å². The predicted molar refractivity (Wildman–Crippen MR) is 89.5 cm³/mol. The molecule has 0 saturated heterocycles. The Labute approximate surface area is 129 Å². The van der Waals surface area contributed by atoms with Crippen molar-refractivity contribution < 1.29 is 9.53 Å². The first-order chi connectivity index (χ1) is 10.7. The zero-order valence-electron chi connectivity index (χ0n) is 12.8. The minimum absolute atomic E-state index is 0.147. The fraction of sp³-hybridized carbons (Fsp3) is 0.250. The second kappa shape index (κ2) is 4.84. The molecule has 0 spiro atoms. The van der Waals surface area contributed by atoms with Crippen LogP contribution in [0.4, 0.5) is 0 Å². The van der Waals surface area contributed by atoms with E-state index in [0.29, 0.717) is 12.3 Å². The molecule has 0 aromatic heterocycles. The molecule has 1 aliphatic rings. The summed E-state index contributed by atoms with van der Waals surface area (Å²) in [6.45, 7) is 4.42. The van der Waals surface area contributed by atoms with Crippen molar-refractivity contribution in [3.63, 3.8) is 0 Å². The highest BCUT2D eigenvalue weighted by Gasteiger charge is 2.25. The second-order valence-corrected chi connectivity index (χ2v) is 6.15. The van der Waals surface area contributed by atoms with Crippen LogP contribution in [0.3, 0.4) is 0 Å². The highest BCUT2D eigenvalue weighted by Crippen LogP contribution is 2.40. The molecule has 1 aliphatic heterocycles. The SMILES string of the molecule is CCC(C)c1cc2c(c3cc4ccccc4cc13)CC(=O)O2. The number of fused-ring (bicyclic) bond motifs is 4. The minimum atomic E-state index is -0.147. The second-order valence-electron chi connectivity index (χ2n) is 6.15. The molecule has 1 unspecified atom stereocenters.